The van der Waals surface area contributed by atoms with Crippen molar-refractivity contribution in [1.82, 2.24) is 0 Å². The summed E-state index contributed by atoms with van der Waals surface area (Å²) in [6.07, 6.45) is -10.6. The first kappa shape index (κ1) is 30.0. The highest BCUT2D eigenvalue weighted by atomic mass is 19.4. The van der Waals surface area contributed by atoms with Crippen LogP contribution in [0.15, 0.2) is 72.8 Å². The molecule has 0 aliphatic carbocycles. The number of halogens is 7. The number of carboxylic acid groups (broad SMARTS) is 1. The highest BCUT2D eigenvalue weighted by molar-refractivity contribution is 6.02. The summed E-state index contributed by atoms with van der Waals surface area (Å²) in [5, 5.41) is 14.1. The van der Waals surface area contributed by atoms with Crippen LogP contribution in [0.3, 0.4) is 0 Å². The smallest absolute Gasteiger partial charge is 0.409 e. The fraction of sp³-hybridized carbons (Fsp3) is 0.185. The first-order chi connectivity index (χ1) is 18.7. The molecule has 212 valence electrons. The number of allylic oxidation sites excluding steroid dienone is 2. The monoisotopic (exact) mass is 570 g/mol. The highest BCUT2D eigenvalue weighted by Crippen LogP contribution is 2.38. The number of nitrogens with one attached hydrogen (secondary N) is 2. The molecule has 3 aromatic rings. The Balaban J connectivity index is 2.12. The second-order valence-corrected chi connectivity index (χ2v) is 8.28. The molecule has 6 nitrogen and oxygen atoms in total. The quantitative estimate of drug-likeness (QED) is 0.181. The molecule has 0 saturated carbocycles. The van der Waals surface area contributed by atoms with Crippen molar-refractivity contribution in [3.05, 3.63) is 89.8 Å². The van der Waals surface area contributed by atoms with Gasteiger partial charge >= 0.3 is 24.4 Å². The lowest BCUT2D eigenvalue weighted by molar-refractivity contribution is -0.139. The van der Waals surface area contributed by atoms with Gasteiger partial charge in [0.15, 0.2) is 0 Å². The Bertz CT molecular complexity index is 1400. The van der Waals surface area contributed by atoms with Gasteiger partial charge in [-0.05, 0) is 47.9 Å². The average molecular weight is 570 g/mol. The number of alkyl halides is 6. The van der Waals surface area contributed by atoms with Crippen LogP contribution in [0.2, 0.25) is 0 Å². The van der Waals surface area contributed by atoms with Crippen LogP contribution in [0.1, 0.15) is 22.3 Å². The van der Waals surface area contributed by atoms with Crippen LogP contribution < -0.4 is 15.4 Å². The van der Waals surface area contributed by atoms with E-state index in [1.807, 2.05) is 0 Å². The molecule has 0 heterocycles. The van der Waals surface area contributed by atoms with E-state index in [2.05, 4.69) is 10.6 Å². The normalized spacial score (nSPS) is 11.9. The molecule has 0 unspecified atom stereocenters. The van der Waals surface area contributed by atoms with Gasteiger partial charge in [0.25, 0.3) is 0 Å². The van der Waals surface area contributed by atoms with Crippen LogP contribution in [-0.2, 0) is 6.42 Å². The second-order valence-electron chi connectivity index (χ2n) is 8.28. The highest BCUT2D eigenvalue weighted by Gasteiger charge is 2.28. The maximum atomic E-state index is 14.0. The van der Waals surface area contributed by atoms with E-state index in [1.165, 1.54) is 54.6 Å². The SMILES string of the molecule is O=C(Nc1ccccc1F)Nc1cc(-c2ccccc2C(=O)O)cc(C/C=C/C(F)(F)F)c1OCCC(F)(F)F. The summed E-state index contributed by atoms with van der Waals surface area (Å²) in [5.74, 6) is -2.50. The molecule has 0 aliphatic rings. The lowest BCUT2D eigenvalue weighted by Gasteiger charge is -2.19. The van der Waals surface area contributed by atoms with E-state index in [0.29, 0.717) is 6.08 Å². The number of benzene rings is 3. The van der Waals surface area contributed by atoms with Crippen LogP contribution in [0.5, 0.6) is 5.75 Å². The fourth-order valence-corrected chi connectivity index (χ4v) is 3.61. The number of hydrogen-bond donors (Lipinski definition) is 3. The van der Waals surface area contributed by atoms with Crippen LogP contribution >= 0.6 is 0 Å². The summed E-state index contributed by atoms with van der Waals surface area (Å²) in [7, 11) is 0. The van der Waals surface area contributed by atoms with Crippen molar-refractivity contribution >= 4 is 23.4 Å². The zero-order valence-electron chi connectivity index (χ0n) is 20.4. The third kappa shape index (κ3) is 8.75. The molecule has 3 rings (SSSR count). The Kier molecular flexibility index (Phi) is 9.40. The van der Waals surface area contributed by atoms with Gasteiger partial charge in [-0.25, -0.2) is 14.0 Å². The molecular formula is C27H21F7N2O4. The molecule has 0 aliphatic heterocycles. The molecule has 3 aromatic carbocycles. The Morgan fingerprint density at radius 1 is 0.900 bits per heavy atom. The first-order valence-corrected chi connectivity index (χ1v) is 11.5. The number of anilines is 2. The van der Waals surface area contributed by atoms with Gasteiger partial charge in [-0.3, -0.25) is 0 Å². The third-order valence-corrected chi connectivity index (χ3v) is 5.28. The Morgan fingerprint density at radius 2 is 1.55 bits per heavy atom. The summed E-state index contributed by atoms with van der Waals surface area (Å²) in [6, 6.07) is 12.1. The van der Waals surface area contributed by atoms with E-state index in [-0.39, 0.29) is 45.5 Å². The van der Waals surface area contributed by atoms with Gasteiger partial charge in [0, 0.05) is 11.6 Å². The van der Waals surface area contributed by atoms with Gasteiger partial charge in [-0.15, -0.1) is 0 Å². The molecule has 0 bridgehead atoms. The lowest BCUT2D eigenvalue weighted by atomic mass is 9.95. The molecule has 0 spiro atoms. The van der Waals surface area contributed by atoms with E-state index in [0.717, 1.165) is 6.07 Å². The van der Waals surface area contributed by atoms with Crippen LogP contribution in [0.25, 0.3) is 11.1 Å². The number of ether oxygens (including phenoxy) is 1. The maximum Gasteiger partial charge on any atom is 0.409 e. The molecule has 2 amide bonds. The van der Waals surface area contributed by atoms with E-state index >= 15 is 0 Å². The number of hydrogen-bond acceptors (Lipinski definition) is 3. The predicted octanol–water partition coefficient (Wildman–Crippen LogP) is 7.83. The Morgan fingerprint density at radius 3 is 2.20 bits per heavy atom. The summed E-state index contributed by atoms with van der Waals surface area (Å²) >= 11 is 0. The van der Waals surface area contributed by atoms with Gasteiger partial charge in [-0.1, -0.05) is 36.4 Å². The maximum absolute atomic E-state index is 14.0. The van der Waals surface area contributed by atoms with Crippen molar-refractivity contribution in [1.29, 1.82) is 0 Å². The van der Waals surface area contributed by atoms with Gasteiger partial charge in [-0.2, -0.15) is 26.3 Å². The van der Waals surface area contributed by atoms with Crippen molar-refractivity contribution in [2.75, 3.05) is 17.2 Å². The van der Waals surface area contributed by atoms with Gasteiger partial charge in [0.1, 0.15) is 11.6 Å². The fourth-order valence-electron chi connectivity index (χ4n) is 3.61. The molecule has 0 atom stereocenters. The molecule has 0 aromatic heterocycles. The predicted molar refractivity (Wildman–Crippen MR) is 133 cm³/mol. The molecule has 0 fully saturated rings. The number of urea groups is 1. The van der Waals surface area contributed by atoms with E-state index in [9.17, 15) is 45.4 Å². The third-order valence-electron chi connectivity index (χ3n) is 5.28. The van der Waals surface area contributed by atoms with Crippen molar-refractivity contribution in [3.63, 3.8) is 0 Å². The van der Waals surface area contributed by atoms with Gasteiger partial charge < -0.3 is 20.5 Å². The summed E-state index contributed by atoms with van der Waals surface area (Å²) in [6.45, 7) is -0.936. The van der Waals surface area contributed by atoms with Crippen LogP contribution in [-0.4, -0.2) is 36.1 Å². The standard InChI is InChI=1S/C27H21F7N2O4/c28-20-9-3-4-10-21(20)35-25(39)36-22-15-17(18-7-1-2-8-19(18)24(37)38)14-16(6-5-11-26(29,30)31)23(22)40-13-12-27(32,33)34/h1-5,7-11,14-15H,6,12-13H2,(H,37,38)(H2,35,36,39)/b11-5+. The lowest BCUT2D eigenvalue weighted by Crippen LogP contribution is -2.21. The average Bonchev–Trinajstić information content (AvgIpc) is 2.85. The number of para-hydroxylation sites is 1. The number of amides is 2. The van der Waals surface area contributed by atoms with Crippen molar-refractivity contribution in [2.45, 2.75) is 25.2 Å². The zero-order chi connectivity index (χ0) is 29.5. The summed E-state index contributed by atoms with van der Waals surface area (Å²) in [4.78, 5) is 24.5. The van der Waals surface area contributed by atoms with Crippen molar-refractivity contribution < 1.29 is 50.2 Å². The molecule has 3 N–H and O–H groups in total. The summed E-state index contributed by atoms with van der Waals surface area (Å²) < 4.78 is 96.0. The second kappa shape index (κ2) is 12.5. The van der Waals surface area contributed by atoms with Crippen LogP contribution in [0, 0.1) is 5.82 Å². The molecule has 0 saturated heterocycles. The first-order valence-electron chi connectivity index (χ1n) is 11.5. The van der Waals surface area contributed by atoms with Gasteiger partial charge in [0.2, 0.25) is 0 Å². The molecule has 40 heavy (non-hydrogen) atoms. The van der Waals surface area contributed by atoms with E-state index in [4.69, 9.17) is 4.74 Å². The van der Waals surface area contributed by atoms with Crippen LogP contribution in [0.4, 0.5) is 46.9 Å². The van der Waals surface area contributed by atoms with E-state index in [1.54, 1.807) is 0 Å². The minimum absolute atomic E-state index is 0.0810. The van der Waals surface area contributed by atoms with E-state index < -0.39 is 49.6 Å². The van der Waals surface area contributed by atoms with Crippen molar-refractivity contribution in [2.24, 2.45) is 0 Å². The summed E-state index contributed by atoms with van der Waals surface area (Å²) in [5.41, 5.74) is -0.578. The number of carboxylic acids is 1. The Labute approximate surface area is 223 Å². The van der Waals surface area contributed by atoms with Crippen molar-refractivity contribution in [3.8, 4) is 16.9 Å². The number of carbonyl (C=O) groups is 2. The largest absolute Gasteiger partial charge is 0.491 e. The molecule has 0 radical (unpaired) electrons. The zero-order valence-corrected chi connectivity index (χ0v) is 20.4. The minimum atomic E-state index is -4.69. The topological polar surface area (TPSA) is 87.7 Å². The number of rotatable bonds is 9. The molecular weight excluding hydrogens is 549 g/mol. The Hall–Kier alpha value is -4.55. The minimum Gasteiger partial charge on any atom is -0.491 e. The number of carbonyl (C=O) groups excluding carboxylic acids is 1. The van der Waals surface area contributed by atoms with Gasteiger partial charge in [0.05, 0.1) is 30.0 Å². The molecule has 13 heteroatoms. The number of aromatic carboxylic acids is 1.